The fourth-order valence-electron chi connectivity index (χ4n) is 1.22. The molecule has 0 radical (unpaired) electrons. The van der Waals surface area contributed by atoms with E-state index in [9.17, 15) is 8.78 Å². The van der Waals surface area contributed by atoms with Crippen LogP contribution in [0, 0.1) is 11.6 Å². The zero-order chi connectivity index (χ0) is 11.7. The molecule has 0 aliphatic heterocycles. The molecule has 0 spiro atoms. The quantitative estimate of drug-likeness (QED) is 0.794. The van der Waals surface area contributed by atoms with Gasteiger partial charge in [0.25, 0.3) is 0 Å². The van der Waals surface area contributed by atoms with Gasteiger partial charge in [0.05, 0.1) is 5.56 Å². The zero-order valence-corrected chi connectivity index (χ0v) is 8.71. The van der Waals surface area contributed by atoms with Gasteiger partial charge in [0.1, 0.15) is 22.3 Å². The van der Waals surface area contributed by atoms with Crippen molar-refractivity contribution in [3.8, 4) is 10.6 Å². The lowest BCUT2D eigenvalue weighted by atomic mass is 10.2. The number of hydrogen-bond donors (Lipinski definition) is 2. The minimum absolute atomic E-state index is 0.0253. The third-order valence-electron chi connectivity index (χ3n) is 1.96. The highest BCUT2D eigenvalue weighted by Gasteiger charge is 2.16. The first-order chi connectivity index (χ1) is 7.59. The topological polar surface area (TPSA) is 53.4 Å². The lowest BCUT2D eigenvalue weighted by molar-refractivity contribution is -0.0453. The van der Waals surface area contributed by atoms with E-state index in [1.54, 1.807) is 0 Å². The molecule has 2 N–H and O–H groups in total. The van der Waals surface area contributed by atoms with Crippen LogP contribution in [0.25, 0.3) is 10.6 Å². The monoisotopic (exact) mass is 243 g/mol. The minimum Gasteiger partial charge on any atom is -0.363 e. The van der Waals surface area contributed by atoms with E-state index in [-0.39, 0.29) is 16.3 Å². The molecule has 2 rings (SSSR count). The number of aliphatic hydroxyl groups excluding tert-OH is 1. The van der Waals surface area contributed by atoms with Gasteiger partial charge in [-0.05, 0) is 12.1 Å². The summed E-state index contributed by atoms with van der Waals surface area (Å²) in [7, 11) is 0. The second-order valence-electron chi connectivity index (χ2n) is 3.05. The Morgan fingerprint density at radius 2 is 1.81 bits per heavy atom. The van der Waals surface area contributed by atoms with Gasteiger partial charge in [0, 0.05) is 5.38 Å². The van der Waals surface area contributed by atoms with Gasteiger partial charge in [0.2, 0.25) is 0 Å². The molecule has 6 heteroatoms. The Morgan fingerprint density at radius 1 is 1.19 bits per heavy atom. The molecule has 0 saturated carbocycles. The maximum Gasteiger partial charge on any atom is 0.196 e. The summed E-state index contributed by atoms with van der Waals surface area (Å²) in [6, 6.07) is 3.49. The SMILES string of the molecule is OC(O)c1csc(-c2c(F)cccc2F)n1. The average molecular weight is 243 g/mol. The Balaban J connectivity index is 2.50. The van der Waals surface area contributed by atoms with Crippen molar-refractivity contribution in [3.05, 3.63) is 40.9 Å². The predicted octanol–water partition coefficient (Wildman–Crippen LogP) is 2.07. The number of halogens is 2. The van der Waals surface area contributed by atoms with E-state index >= 15 is 0 Å². The number of aliphatic hydroxyl groups is 2. The second-order valence-corrected chi connectivity index (χ2v) is 3.91. The Labute approximate surface area is 93.6 Å². The van der Waals surface area contributed by atoms with Gasteiger partial charge in [0.15, 0.2) is 6.29 Å². The van der Waals surface area contributed by atoms with Crippen molar-refractivity contribution >= 4 is 11.3 Å². The second kappa shape index (κ2) is 4.25. The van der Waals surface area contributed by atoms with Crippen LogP contribution in [0.15, 0.2) is 23.6 Å². The van der Waals surface area contributed by atoms with E-state index < -0.39 is 17.9 Å². The highest BCUT2D eigenvalue weighted by molar-refractivity contribution is 7.13. The van der Waals surface area contributed by atoms with Crippen LogP contribution in [0.4, 0.5) is 8.78 Å². The lowest BCUT2D eigenvalue weighted by Crippen LogP contribution is -1.95. The molecule has 84 valence electrons. The molecule has 0 unspecified atom stereocenters. The fourth-order valence-corrected chi connectivity index (χ4v) is 2.10. The molecule has 0 aliphatic carbocycles. The Bertz CT molecular complexity index is 493. The molecule has 1 aromatic carbocycles. The van der Waals surface area contributed by atoms with E-state index in [4.69, 9.17) is 10.2 Å². The number of aromatic nitrogens is 1. The normalized spacial score (nSPS) is 11.1. The number of rotatable bonds is 2. The van der Waals surface area contributed by atoms with Crippen LogP contribution in [0.5, 0.6) is 0 Å². The molecule has 1 aromatic heterocycles. The van der Waals surface area contributed by atoms with Crippen molar-refractivity contribution in [2.75, 3.05) is 0 Å². The minimum atomic E-state index is -1.74. The van der Waals surface area contributed by atoms with Crippen LogP contribution < -0.4 is 0 Å². The van der Waals surface area contributed by atoms with Gasteiger partial charge < -0.3 is 10.2 Å². The van der Waals surface area contributed by atoms with Crippen LogP contribution in [-0.4, -0.2) is 15.2 Å². The van der Waals surface area contributed by atoms with Crippen molar-refractivity contribution in [1.82, 2.24) is 4.98 Å². The molecule has 0 fully saturated rings. The van der Waals surface area contributed by atoms with Gasteiger partial charge in [-0.25, -0.2) is 13.8 Å². The average Bonchev–Trinajstić information content (AvgIpc) is 2.66. The predicted molar refractivity (Wildman–Crippen MR) is 54.6 cm³/mol. The van der Waals surface area contributed by atoms with Crippen LogP contribution in [0.3, 0.4) is 0 Å². The fraction of sp³-hybridized carbons (Fsp3) is 0.100. The Morgan fingerprint density at radius 3 is 2.31 bits per heavy atom. The summed E-state index contributed by atoms with van der Waals surface area (Å²) < 4.78 is 26.7. The van der Waals surface area contributed by atoms with Crippen LogP contribution in [0.2, 0.25) is 0 Å². The van der Waals surface area contributed by atoms with Gasteiger partial charge in [-0.15, -0.1) is 11.3 Å². The first-order valence-electron chi connectivity index (χ1n) is 4.35. The summed E-state index contributed by atoms with van der Waals surface area (Å²) in [6.07, 6.45) is -1.74. The van der Waals surface area contributed by atoms with Crippen molar-refractivity contribution in [2.45, 2.75) is 6.29 Å². The lowest BCUT2D eigenvalue weighted by Gasteiger charge is -2.00. The van der Waals surface area contributed by atoms with Crippen molar-refractivity contribution in [2.24, 2.45) is 0 Å². The van der Waals surface area contributed by atoms with Crippen LogP contribution in [0.1, 0.15) is 12.0 Å². The van der Waals surface area contributed by atoms with E-state index in [2.05, 4.69) is 4.98 Å². The summed E-state index contributed by atoms with van der Waals surface area (Å²) in [4.78, 5) is 3.74. The van der Waals surface area contributed by atoms with Crippen molar-refractivity contribution in [1.29, 1.82) is 0 Å². The third kappa shape index (κ3) is 1.95. The third-order valence-corrected chi connectivity index (χ3v) is 2.84. The first-order valence-corrected chi connectivity index (χ1v) is 5.23. The van der Waals surface area contributed by atoms with E-state index in [1.165, 1.54) is 11.4 Å². The van der Waals surface area contributed by atoms with Gasteiger partial charge in [-0.2, -0.15) is 0 Å². The van der Waals surface area contributed by atoms with E-state index in [0.29, 0.717) is 0 Å². The molecule has 16 heavy (non-hydrogen) atoms. The summed E-state index contributed by atoms with van der Waals surface area (Å²) in [6.45, 7) is 0. The number of hydrogen-bond acceptors (Lipinski definition) is 4. The molecular weight excluding hydrogens is 236 g/mol. The molecule has 2 aromatic rings. The summed E-state index contributed by atoms with van der Waals surface area (Å²) in [5.74, 6) is -1.46. The summed E-state index contributed by atoms with van der Waals surface area (Å²) in [5.41, 5.74) is -0.276. The summed E-state index contributed by atoms with van der Waals surface area (Å²) >= 11 is 0.948. The number of benzene rings is 1. The van der Waals surface area contributed by atoms with E-state index in [1.807, 2.05) is 0 Å². The molecule has 0 bridgehead atoms. The Kier molecular flexibility index (Phi) is 2.95. The van der Waals surface area contributed by atoms with Gasteiger partial charge in [-0.3, -0.25) is 0 Å². The van der Waals surface area contributed by atoms with Crippen molar-refractivity contribution < 1.29 is 19.0 Å². The zero-order valence-electron chi connectivity index (χ0n) is 7.89. The largest absolute Gasteiger partial charge is 0.363 e. The number of thiazole rings is 1. The highest BCUT2D eigenvalue weighted by Crippen LogP contribution is 2.29. The molecular formula is C10H7F2NO2S. The Hall–Kier alpha value is -1.37. The maximum atomic E-state index is 13.3. The smallest absolute Gasteiger partial charge is 0.196 e. The van der Waals surface area contributed by atoms with Crippen LogP contribution >= 0.6 is 11.3 Å². The summed E-state index contributed by atoms with van der Waals surface area (Å²) in [5, 5.41) is 19.1. The van der Waals surface area contributed by atoms with Crippen molar-refractivity contribution in [3.63, 3.8) is 0 Å². The molecule has 0 saturated heterocycles. The number of nitrogens with zero attached hydrogens (tertiary/aromatic N) is 1. The molecule has 3 nitrogen and oxygen atoms in total. The van der Waals surface area contributed by atoms with Gasteiger partial charge in [-0.1, -0.05) is 6.07 Å². The standard InChI is InChI=1S/C10H7F2NO2S/c11-5-2-1-3-6(12)8(5)9-13-7(4-16-9)10(14)15/h1-4,10,14-15H. The molecule has 0 amide bonds. The molecule has 0 atom stereocenters. The van der Waals surface area contributed by atoms with Gasteiger partial charge >= 0.3 is 0 Å². The molecule has 0 aliphatic rings. The maximum absolute atomic E-state index is 13.3. The van der Waals surface area contributed by atoms with Crippen LogP contribution in [-0.2, 0) is 0 Å². The molecule has 1 heterocycles. The highest BCUT2D eigenvalue weighted by atomic mass is 32.1. The first kappa shape index (κ1) is 11.1. The van der Waals surface area contributed by atoms with E-state index in [0.717, 1.165) is 23.5 Å².